The second-order valence-corrected chi connectivity index (χ2v) is 8.07. The fourth-order valence-corrected chi connectivity index (χ4v) is 3.97. The quantitative estimate of drug-likeness (QED) is 0.589. The fourth-order valence-electron chi connectivity index (χ4n) is 2.72. The lowest BCUT2D eigenvalue weighted by molar-refractivity contribution is 0.0953. The van der Waals surface area contributed by atoms with Crippen LogP contribution in [0.5, 0.6) is 5.75 Å². The van der Waals surface area contributed by atoms with Crippen molar-refractivity contribution in [3.05, 3.63) is 77.7 Å². The Balaban J connectivity index is 1.78. The lowest BCUT2D eigenvalue weighted by Crippen LogP contribution is -2.26. The van der Waals surface area contributed by atoms with Gasteiger partial charge in [0.1, 0.15) is 16.4 Å². The van der Waals surface area contributed by atoms with Gasteiger partial charge in [-0.1, -0.05) is 17.7 Å². The molecule has 29 heavy (non-hydrogen) atoms. The molecule has 0 aliphatic carbocycles. The number of anilines is 1. The third-order valence-corrected chi connectivity index (χ3v) is 5.66. The molecule has 0 saturated heterocycles. The smallest absolute Gasteiger partial charge is 0.265 e. The predicted octanol–water partition coefficient (Wildman–Crippen LogP) is 3.37. The number of hydrogen-bond donors (Lipinski definition) is 2. The Bertz CT molecular complexity index is 1070. The summed E-state index contributed by atoms with van der Waals surface area (Å²) in [6, 6.07) is 14.8. The van der Waals surface area contributed by atoms with Crippen LogP contribution < -0.4 is 14.8 Å². The first-order valence-electron chi connectivity index (χ1n) is 8.97. The van der Waals surface area contributed by atoms with E-state index >= 15 is 0 Å². The number of methoxy groups -OCH3 is 1. The first kappa shape index (κ1) is 20.5. The van der Waals surface area contributed by atoms with Gasteiger partial charge in [-0.15, -0.1) is 0 Å². The Morgan fingerprint density at radius 2 is 1.86 bits per heavy atom. The Morgan fingerprint density at radius 3 is 2.52 bits per heavy atom. The molecule has 3 aromatic rings. The molecule has 152 valence electrons. The van der Waals surface area contributed by atoms with Gasteiger partial charge in [-0.25, -0.2) is 8.42 Å². The second kappa shape index (κ2) is 8.83. The third-order valence-electron chi connectivity index (χ3n) is 4.26. The zero-order valence-corrected chi connectivity index (χ0v) is 17.0. The summed E-state index contributed by atoms with van der Waals surface area (Å²) in [5, 5.41) is 2.75. The summed E-state index contributed by atoms with van der Waals surface area (Å²) >= 11 is 0. The minimum atomic E-state index is -3.95. The molecule has 0 saturated carbocycles. The van der Waals surface area contributed by atoms with Crippen molar-refractivity contribution in [1.29, 1.82) is 0 Å². The zero-order valence-electron chi connectivity index (χ0n) is 16.1. The van der Waals surface area contributed by atoms with E-state index in [-0.39, 0.29) is 22.1 Å². The summed E-state index contributed by atoms with van der Waals surface area (Å²) in [4.78, 5) is 12.3. The highest BCUT2D eigenvalue weighted by atomic mass is 32.2. The van der Waals surface area contributed by atoms with Crippen molar-refractivity contribution in [2.45, 2.75) is 18.2 Å². The molecule has 2 aromatic carbocycles. The molecular formula is C21H22N2O5S. The highest BCUT2D eigenvalue weighted by Crippen LogP contribution is 2.27. The van der Waals surface area contributed by atoms with Crippen molar-refractivity contribution >= 4 is 21.6 Å². The molecule has 0 radical (unpaired) electrons. The molecule has 0 unspecified atom stereocenters. The topological polar surface area (TPSA) is 97.6 Å². The highest BCUT2D eigenvalue weighted by Gasteiger charge is 2.22. The van der Waals surface area contributed by atoms with Crippen LogP contribution in [0.4, 0.5) is 5.69 Å². The normalized spacial score (nSPS) is 11.1. The Kier molecular flexibility index (Phi) is 6.23. The zero-order chi connectivity index (χ0) is 20.9. The van der Waals surface area contributed by atoms with Gasteiger partial charge < -0.3 is 14.5 Å². The van der Waals surface area contributed by atoms with Crippen molar-refractivity contribution in [2.75, 3.05) is 18.4 Å². The van der Waals surface area contributed by atoms with Gasteiger partial charge in [-0.2, -0.15) is 0 Å². The van der Waals surface area contributed by atoms with Crippen molar-refractivity contribution in [1.82, 2.24) is 5.32 Å². The van der Waals surface area contributed by atoms with Crippen molar-refractivity contribution in [3.63, 3.8) is 0 Å². The molecule has 0 aliphatic rings. The third kappa shape index (κ3) is 5.17. The summed E-state index contributed by atoms with van der Waals surface area (Å²) in [6.07, 6.45) is 2.11. The molecule has 8 heteroatoms. The van der Waals surface area contributed by atoms with Gasteiger partial charge in [0, 0.05) is 24.2 Å². The van der Waals surface area contributed by atoms with Gasteiger partial charge >= 0.3 is 0 Å². The molecule has 2 N–H and O–H groups in total. The van der Waals surface area contributed by atoms with Crippen LogP contribution in [-0.4, -0.2) is 28.0 Å². The maximum absolute atomic E-state index is 12.9. The number of aryl methyl sites for hydroxylation is 1. The predicted molar refractivity (Wildman–Crippen MR) is 110 cm³/mol. The Morgan fingerprint density at radius 1 is 1.10 bits per heavy atom. The van der Waals surface area contributed by atoms with E-state index in [1.165, 1.54) is 25.3 Å². The fraction of sp³-hybridized carbons (Fsp3) is 0.190. The number of nitrogens with one attached hydrogen (secondary N) is 2. The van der Waals surface area contributed by atoms with E-state index in [0.29, 0.717) is 18.7 Å². The molecule has 1 amide bonds. The van der Waals surface area contributed by atoms with Crippen molar-refractivity contribution in [3.8, 4) is 5.75 Å². The van der Waals surface area contributed by atoms with Crippen LogP contribution in [0, 0.1) is 6.92 Å². The van der Waals surface area contributed by atoms with Gasteiger partial charge in [0.2, 0.25) is 0 Å². The maximum atomic E-state index is 12.9. The molecule has 0 spiro atoms. The maximum Gasteiger partial charge on any atom is 0.265 e. The summed E-state index contributed by atoms with van der Waals surface area (Å²) in [5.74, 6) is 0.522. The molecule has 0 aliphatic heterocycles. The first-order valence-corrected chi connectivity index (χ1v) is 10.5. The molecule has 3 rings (SSSR count). The molecule has 0 fully saturated rings. The number of sulfonamides is 1. The lowest BCUT2D eigenvalue weighted by Gasteiger charge is -2.13. The summed E-state index contributed by atoms with van der Waals surface area (Å²) in [7, 11) is -2.57. The van der Waals surface area contributed by atoms with Gasteiger partial charge in [-0.3, -0.25) is 9.52 Å². The summed E-state index contributed by atoms with van der Waals surface area (Å²) in [6.45, 7) is 2.28. The summed E-state index contributed by atoms with van der Waals surface area (Å²) in [5.41, 5.74) is 1.65. The number of ether oxygens (including phenoxy) is 1. The first-order chi connectivity index (χ1) is 13.9. The monoisotopic (exact) mass is 414 g/mol. The van der Waals surface area contributed by atoms with Crippen LogP contribution in [0.2, 0.25) is 0 Å². The summed E-state index contributed by atoms with van der Waals surface area (Å²) < 4.78 is 38.7. The number of furan rings is 1. The van der Waals surface area contributed by atoms with Crippen molar-refractivity contribution in [2.24, 2.45) is 0 Å². The number of carbonyl (C=O) groups is 1. The number of amides is 1. The van der Waals surface area contributed by atoms with Gasteiger partial charge in [0.25, 0.3) is 15.9 Å². The van der Waals surface area contributed by atoms with Gasteiger partial charge in [0.15, 0.2) is 0 Å². The molecular weight excluding hydrogens is 392 g/mol. The van der Waals surface area contributed by atoms with Crippen LogP contribution in [0.3, 0.4) is 0 Å². The van der Waals surface area contributed by atoms with Crippen molar-refractivity contribution < 1.29 is 22.4 Å². The molecule has 0 bridgehead atoms. The van der Waals surface area contributed by atoms with Crippen LogP contribution in [-0.2, 0) is 16.4 Å². The number of hydrogen-bond acceptors (Lipinski definition) is 5. The van der Waals surface area contributed by atoms with Crippen LogP contribution in [0.1, 0.15) is 21.7 Å². The Labute approximate surface area is 169 Å². The SMILES string of the molecule is COc1ccc(C(=O)NCCc2ccco2)cc1S(=O)(=O)Nc1ccc(C)cc1. The number of benzene rings is 2. The molecule has 0 atom stereocenters. The largest absolute Gasteiger partial charge is 0.495 e. The minimum Gasteiger partial charge on any atom is -0.495 e. The van der Waals surface area contributed by atoms with E-state index in [4.69, 9.17) is 9.15 Å². The van der Waals surface area contributed by atoms with E-state index in [9.17, 15) is 13.2 Å². The molecule has 7 nitrogen and oxygen atoms in total. The van der Waals surface area contributed by atoms with E-state index in [1.54, 1.807) is 36.6 Å². The average molecular weight is 414 g/mol. The lowest BCUT2D eigenvalue weighted by atomic mass is 10.2. The van der Waals surface area contributed by atoms with Gasteiger partial charge in [0.05, 0.1) is 13.4 Å². The number of carbonyl (C=O) groups excluding carboxylic acids is 1. The van der Waals surface area contributed by atoms with E-state index in [1.807, 2.05) is 13.0 Å². The minimum absolute atomic E-state index is 0.112. The van der Waals surface area contributed by atoms with Crippen LogP contribution in [0.15, 0.2) is 70.2 Å². The van der Waals surface area contributed by atoms with Crippen LogP contribution >= 0.6 is 0 Å². The van der Waals surface area contributed by atoms with E-state index in [2.05, 4.69) is 10.0 Å². The van der Waals surface area contributed by atoms with E-state index < -0.39 is 10.0 Å². The van der Waals surface area contributed by atoms with Crippen LogP contribution in [0.25, 0.3) is 0 Å². The average Bonchev–Trinajstić information content (AvgIpc) is 3.22. The molecule has 1 aromatic heterocycles. The second-order valence-electron chi connectivity index (χ2n) is 6.42. The molecule has 1 heterocycles. The van der Waals surface area contributed by atoms with E-state index in [0.717, 1.165) is 11.3 Å². The number of rotatable bonds is 8. The van der Waals surface area contributed by atoms with Gasteiger partial charge in [-0.05, 0) is 49.4 Å². The standard InChI is InChI=1S/C21H22N2O5S/c1-15-5-8-17(9-6-15)23-29(25,26)20-14-16(7-10-19(20)27-2)21(24)22-12-11-18-4-3-13-28-18/h3-10,13-14,23H,11-12H2,1-2H3,(H,22,24). The highest BCUT2D eigenvalue weighted by molar-refractivity contribution is 7.92. The Hall–Kier alpha value is -3.26.